The van der Waals surface area contributed by atoms with E-state index in [1.807, 2.05) is 13.0 Å². The van der Waals surface area contributed by atoms with Crippen molar-refractivity contribution in [2.24, 2.45) is 10.9 Å². The molecule has 0 atom stereocenters. The number of nitrogens with zero attached hydrogens (tertiary/aromatic N) is 1. The zero-order valence-electron chi connectivity index (χ0n) is 7.97. The lowest BCUT2D eigenvalue weighted by Gasteiger charge is -2.07. The molecule has 12 heavy (non-hydrogen) atoms. The molecule has 0 bridgehead atoms. The second-order valence-electron chi connectivity index (χ2n) is 3.07. The van der Waals surface area contributed by atoms with Gasteiger partial charge < -0.3 is 0 Å². The first-order chi connectivity index (χ1) is 5.61. The molecule has 0 N–H and O–H groups in total. The maximum Gasteiger partial charge on any atom is 0.0617 e. The molecule has 0 unspecified atom stereocenters. The van der Waals surface area contributed by atoms with Gasteiger partial charge in [-0.05, 0) is 31.6 Å². The Balaban J connectivity index is 4.37. The molecule has 1 nitrogen and oxygen atoms in total. The molecule has 0 heterocycles. The van der Waals surface area contributed by atoms with Crippen LogP contribution in [0.1, 0.15) is 27.2 Å². The van der Waals surface area contributed by atoms with Gasteiger partial charge in [-0.3, -0.25) is 4.99 Å². The minimum Gasteiger partial charge on any atom is -0.271 e. The third kappa shape index (κ3) is 4.35. The molecular formula is C10H16ClN. The van der Waals surface area contributed by atoms with Gasteiger partial charge in [-0.15, -0.1) is 0 Å². The summed E-state index contributed by atoms with van der Waals surface area (Å²) in [7, 11) is 0. The molecule has 2 heteroatoms. The van der Waals surface area contributed by atoms with Crippen LogP contribution in [0.25, 0.3) is 0 Å². The molecule has 0 fully saturated rings. The predicted molar refractivity (Wildman–Crippen MR) is 56.7 cm³/mol. The van der Waals surface area contributed by atoms with Crippen LogP contribution in [0, 0.1) is 5.92 Å². The summed E-state index contributed by atoms with van der Waals surface area (Å²) in [6.07, 6.45) is 4.59. The minimum absolute atomic E-state index is 0.614. The third-order valence-electron chi connectivity index (χ3n) is 1.49. The van der Waals surface area contributed by atoms with Crippen molar-refractivity contribution in [3.8, 4) is 0 Å². The van der Waals surface area contributed by atoms with Crippen molar-refractivity contribution < 1.29 is 0 Å². The molecule has 0 aliphatic heterocycles. The maximum atomic E-state index is 5.95. The molecule has 0 aliphatic rings. The number of aliphatic imine (C=N–C) groups is 1. The average Bonchev–Trinajstić information content (AvgIpc) is 2.00. The predicted octanol–water partition coefficient (Wildman–Crippen LogP) is 3.76. The molecule has 68 valence electrons. The summed E-state index contributed by atoms with van der Waals surface area (Å²) in [6.45, 7) is 9.67. The highest BCUT2D eigenvalue weighted by atomic mass is 35.5. The average molecular weight is 186 g/mol. The van der Waals surface area contributed by atoms with Crippen molar-refractivity contribution in [2.45, 2.75) is 27.2 Å². The van der Waals surface area contributed by atoms with Crippen LogP contribution in [0.15, 0.2) is 27.9 Å². The van der Waals surface area contributed by atoms with E-state index >= 15 is 0 Å². The quantitative estimate of drug-likeness (QED) is 0.467. The van der Waals surface area contributed by atoms with Crippen molar-refractivity contribution in [3.63, 3.8) is 0 Å². The van der Waals surface area contributed by atoms with Crippen LogP contribution in [0.3, 0.4) is 0 Å². The molecule has 0 radical (unpaired) electrons. The van der Waals surface area contributed by atoms with Gasteiger partial charge in [-0.25, -0.2) is 0 Å². The molecule has 0 saturated carbocycles. The van der Waals surface area contributed by atoms with Crippen molar-refractivity contribution >= 4 is 18.3 Å². The summed E-state index contributed by atoms with van der Waals surface area (Å²) in [5.41, 5.74) is 1.14. The van der Waals surface area contributed by atoms with E-state index in [1.165, 1.54) is 0 Å². The van der Waals surface area contributed by atoms with Gasteiger partial charge in [0.05, 0.1) is 5.03 Å². The standard InChI is InChI=1S/C10H16ClN/c1-5-9(6-8(2)3)10(11)7-12-4/h5,7-8H,4,6H2,1-3H3/b9-5-,10-7+. The fourth-order valence-electron chi connectivity index (χ4n) is 0.956. The number of hydrogen-bond acceptors (Lipinski definition) is 1. The Bertz CT molecular complexity index is 202. The van der Waals surface area contributed by atoms with Gasteiger partial charge in [0.15, 0.2) is 0 Å². The molecule has 0 spiro atoms. The number of rotatable bonds is 4. The normalized spacial score (nSPS) is 13.8. The van der Waals surface area contributed by atoms with E-state index in [-0.39, 0.29) is 0 Å². The van der Waals surface area contributed by atoms with Gasteiger partial charge in [-0.1, -0.05) is 31.5 Å². The first kappa shape index (κ1) is 11.4. The Kier molecular flexibility index (Phi) is 5.73. The molecule has 0 aromatic carbocycles. The maximum absolute atomic E-state index is 5.95. The van der Waals surface area contributed by atoms with Gasteiger partial charge in [0, 0.05) is 6.20 Å². The van der Waals surface area contributed by atoms with Gasteiger partial charge in [-0.2, -0.15) is 0 Å². The summed E-state index contributed by atoms with van der Waals surface area (Å²) in [6, 6.07) is 0. The number of halogens is 1. The van der Waals surface area contributed by atoms with Crippen LogP contribution >= 0.6 is 11.6 Å². The summed E-state index contributed by atoms with van der Waals surface area (Å²) in [4.78, 5) is 3.63. The van der Waals surface area contributed by atoms with Gasteiger partial charge in [0.1, 0.15) is 0 Å². The zero-order chi connectivity index (χ0) is 9.56. The summed E-state index contributed by atoms with van der Waals surface area (Å²) in [5.74, 6) is 0.614. The van der Waals surface area contributed by atoms with Crippen LogP contribution in [0.5, 0.6) is 0 Å². The fourth-order valence-corrected chi connectivity index (χ4v) is 1.21. The fraction of sp³-hybridized carbons (Fsp3) is 0.500. The summed E-state index contributed by atoms with van der Waals surface area (Å²) >= 11 is 5.95. The topological polar surface area (TPSA) is 12.4 Å². The first-order valence-electron chi connectivity index (χ1n) is 4.08. The molecule has 0 rings (SSSR count). The van der Waals surface area contributed by atoms with E-state index in [2.05, 4.69) is 25.6 Å². The lowest BCUT2D eigenvalue weighted by molar-refractivity contribution is 0.648. The van der Waals surface area contributed by atoms with E-state index in [0.717, 1.165) is 12.0 Å². The van der Waals surface area contributed by atoms with Crippen molar-refractivity contribution in [3.05, 3.63) is 22.9 Å². The molecule has 0 amide bonds. The van der Waals surface area contributed by atoms with Crippen LogP contribution in [0.4, 0.5) is 0 Å². The number of allylic oxidation sites excluding steroid dienone is 3. The molecule has 0 aromatic heterocycles. The highest BCUT2D eigenvalue weighted by Crippen LogP contribution is 2.21. The lowest BCUT2D eigenvalue weighted by atomic mass is 10.0. The van der Waals surface area contributed by atoms with Crippen LogP contribution in [-0.2, 0) is 0 Å². The highest BCUT2D eigenvalue weighted by molar-refractivity contribution is 6.31. The number of hydrogen-bond donors (Lipinski definition) is 0. The Morgan fingerprint density at radius 3 is 2.50 bits per heavy atom. The highest BCUT2D eigenvalue weighted by Gasteiger charge is 2.03. The first-order valence-corrected chi connectivity index (χ1v) is 4.46. The van der Waals surface area contributed by atoms with E-state index in [4.69, 9.17) is 11.6 Å². The van der Waals surface area contributed by atoms with Gasteiger partial charge in [0.2, 0.25) is 0 Å². The molecule has 0 saturated heterocycles. The summed E-state index contributed by atoms with van der Waals surface area (Å²) in [5, 5.41) is 0.696. The monoisotopic (exact) mass is 185 g/mol. The van der Waals surface area contributed by atoms with Crippen molar-refractivity contribution in [1.29, 1.82) is 0 Å². The Morgan fingerprint density at radius 1 is 1.58 bits per heavy atom. The molecule has 0 aromatic rings. The van der Waals surface area contributed by atoms with Crippen molar-refractivity contribution in [2.75, 3.05) is 0 Å². The van der Waals surface area contributed by atoms with Crippen molar-refractivity contribution in [1.82, 2.24) is 0 Å². The smallest absolute Gasteiger partial charge is 0.0617 e. The second-order valence-corrected chi connectivity index (χ2v) is 3.48. The largest absolute Gasteiger partial charge is 0.271 e. The van der Waals surface area contributed by atoms with Gasteiger partial charge in [0.25, 0.3) is 0 Å². The molecular weight excluding hydrogens is 170 g/mol. The Morgan fingerprint density at radius 2 is 2.17 bits per heavy atom. The van der Waals surface area contributed by atoms with E-state index in [1.54, 1.807) is 6.20 Å². The van der Waals surface area contributed by atoms with Crippen LogP contribution in [-0.4, -0.2) is 6.72 Å². The van der Waals surface area contributed by atoms with E-state index in [9.17, 15) is 0 Å². The summed E-state index contributed by atoms with van der Waals surface area (Å²) < 4.78 is 0. The second kappa shape index (κ2) is 6.01. The van der Waals surface area contributed by atoms with Crippen LogP contribution < -0.4 is 0 Å². The Hall–Kier alpha value is -0.560. The van der Waals surface area contributed by atoms with Gasteiger partial charge >= 0.3 is 0 Å². The van der Waals surface area contributed by atoms with E-state index in [0.29, 0.717) is 11.0 Å². The minimum atomic E-state index is 0.614. The third-order valence-corrected chi connectivity index (χ3v) is 1.83. The lowest BCUT2D eigenvalue weighted by Crippen LogP contribution is -1.91. The SMILES string of the molecule is C=N/C=C(Cl)\C(=C/C)CC(C)C. The Labute approximate surface area is 79.8 Å². The zero-order valence-corrected chi connectivity index (χ0v) is 8.73. The van der Waals surface area contributed by atoms with E-state index < -0.39 is 0 Å². The molecule has 0 aliphatic carbocycles. The van der Waals surface area contributed by atoms with Crippen LogP contribution in [0.2, 0.25) is 0 Å².